The Balaban J connectivity index is 1.37. The summed E-state index contributed by atoms with van der Waals surface area (Å²) in [5.74, 6) is 0.992. The van der Waals surface area contributed by atoms with Crippen molar-refractivity contribution in [2.24, 2.45) is 0 Å². The SMILES string of the molecule is O=C(C1COc2ccccc21)N1CC(N2CCNCC2)C1. The fraction of sp³-hybridized carbons (Fsp3) is 0.562. The lowest BCUT2D eigenvalue weighted by atomic mass is 9.96. The number of hydrogen-bond acceptors (Lipinski definition) is 4. The molecule has 3 aliphatic rings. The van der Waals surface area contributed by atoms with Gasteiger partial charge in [0.05, 0.1) is 0 Å². The number of carbonyl (C=O) groups excluding carboxylic acids is 1. The number of carbonyl (C=O) groups is 1. The first kappa shape index (κ1) is 13.1. The number of piperazine rings is 1. The van der Waals surface area contributed by atoms with Crippen molar-refractivity contribution in [3.05, 3.63) is 29.8 Å². The first-order chi connectivity index (χ1) is 10.3. The van der Waals surface area contributed by atoms with Crippen LogP contribution in [0.5, 0.6) is 5.75 Å². The van der Waals surface area contributed by atoms with Gasteiger partial charge in [0.1, 0.15) is 18.3 Å². The number of para-hydroxylation sites is 1. The Morgan fingerprint density at radius 3 is 2.76 bits per heavy atom. The van der Waals surface area contributed by atoms with Gasteiger partial charge in [0.2, 0.25) is 5.91 Å². The first-order valence-electron chi connectivity index (χ1n) is 7.78. The van der Waals surface area contributed by atoms with Gasteiger partial charge in [0.25, 0.3) is 0 Å². The number of benzene rings is 1. The molecule has 21 heavy (non-hydrogen) atoms. The van der Waals surface area contributed by atoms with Gasteiger partial charge >= 0.3 is 0 Å². The summed E-state index contributed by atoms with van der Waals surface area (Å²) >= 11 is 0. The van der Waals surface area contributed by atoms with Gasteiger partial charge in [-0.25, -0.2) is 0 Å². The van der Waals surface area contributed by atoms with Crippen LogP contribution < -0.4 is 10.1 Å². The van der Waals surface area contributed by atoms with Gasteiger partial charge in [0, 0.05) is 50.9 Å². The van der Waals surface area contributed by atoms with Crippen molar-refractivity contribution >= 4 is 5.91 Å². The van der Waals surface area contributed by atoms with Gasteiger partial charge < -0.3 is 15.0 Å². The van der Waals surface area contributed by atoms with E-state index in [0.29, 0.717) is 12.6 Å². The third-order valence-corrected chi connectivity index (χ3v) is 4.84. The number of ether oxygens (including phenoxy) is 1. The molecule has 4 rings (SSSR count). The molecule has 112 valence electrons. The van der Waals surface area contributed by atoms with E-state index in [1.807, 2.05) is 29.2 Å². The molecule has 1 aromatic rings. The highest BCUT2D eigenvalue weighted by molar-refractivity contribution is 5.86. The van der Waals surface area contributed by atoms with Crippen LogP contribution in [0.25, 0.3) is 0 Å². The van der Waals surface area contributed by atoms with Crippen LogP contribution in [0.2, 0.25) is 0 Å². The molecule has 0 saturated carbocycles. The standard InChI is InChI=1S/C16H21N3O2/c20-16(14-11-21-15-4-2-1-3-13(14)15)19-9-12(10-19)18-7-5-17-6-8-18/h1-4,12,14,17H,5-11H2. The van der Waals surface area contributed by atoms with Crippen molar-refractivity contribution < 1.29 is 9.53 Å². The predicted molar refractivity (Wildman–Crippen MR) is 79.5 cm³/mol. The Bertz CT molecular complexity index is 536. The Labute approximate surface area is 124 Å². The van der Waals surface area contributed by atoms with Crippen LogP contribution in [0.15, 0.2) is 24.3 Å². The van der Waals surface area contributed by atoms with Gasteiger partial charge in [-0.1, -0.05) is 18.2 Å². The molecule has 3 aliphatic heterocycles. The van der Waals surface area contributed by atoms with Crippen LogP contribution >= 0.6 is 0 Å². The first-order valence-corrected chi connectivity index (χ1v) is 7.78. The summed E-state index contributed by atoms with van der Waals surface area (Å²) in [6.45, 7) is 6.56. The summed E-state index contributed by atoms with van der Waals surface area (Å²) in [5.41, 5.74) is 1.05. The third-order valence-electron chi connectivity index (χ3n) is 4.84. The molecular formula is C16H21N3O2. The highest BCUT2D eigenvalue weighted by atomic mass is 16.5. The fourth-order valence-corrected chi connectivity index (χ4v) is 3.50. The predicted octanol–water partition coefficient (Wildman–Crippen LogP) is 0.279. The van der Waals surface area contributed by atoms with Gasteiger partial charge in [-0.15, -0.1) is 0 Å². The lowest BCUT2D eigenvalue weighted by Crippen LogP contribution is -2.64. The molecule has 0 spiro atoms. The molecule has 5 nitrogen and oxygen atoms in total. The van der Waals surface area contributed by atoms with E-state index >= 15 is 0 Å². The van der Waals surface area contributed by atoms with E-state index in [2.05, 4.69) is 10.2 Å². The van der Waals surface area contributed by atoms with Crippen LogP contribution in [0.4, 0.5) is 0 Å². The molecule has 1 amide bonds. The van der Waals surface area contributed by atoms with Crippen molar-refractivity contribution in [1.29, 1.82) is 0 Å². The largest absolute Gasteiger partial charge is 0.492 e. The minimum Gasteiger partial charge on any atom is -0.492 e. The zero-order valence-electron chi connectivity index (χ0n) is 12.1. The Morgan fingerprint density at radius 2 is 1.95 bits per heavy atom. The number of nitrogens with zero attached hydrogens (tertiary/aromatic N) is 2. The summed E-state index contributed by atoms with van der Waals surface area (Å²) in [5, 5.41) is 3.37. The quantitative estimate of drug-likeness (QED) is 0.848. The highest BCUT2D eigenvalue weighted by Crippen LogP contribution is 2.35. The van der Waals surface area contributed by atoms with E-state index in [0.717, 1.165) is 50.6 Å². The number of nitrogens with one attached hydrogen (secondary N) is 1. The number of hydrogen-bond donors (Lipinski definition) is 1. The molecule has 0 aromatic heterocycles. The van der Waals surface area contributed by atoms with Crippen molar-refractivity contribution in [2.75, 3.05) is 45.9 Å². The summed E-state index contributed by atoms with van der Waals surface area (Å²) in [7, 11) is 0. The van der Waals surface area contributed by atoms with Crippen LogP contribution in [0.3, 0.4) is 0 Å². The topological polar surface area (TPSA) is 44.8 Å². The lowest BCUT2D eigenvalue weighted by molar-refractivity contribution is -0.140. The molecule has 1 N–H and O–H groups in total. The van der Waals surface area contributed by atoms with Gasteiger partial charge in [-0.05, 0) is 6.07 Å². The van der Waals surface area contributed by atoms with Crippen LogP contribution in [-0.2, 0) is 4.79 Å². The Kier molecular flexibility index (Phi) is 3.31. The average molecular weight is 287 g/mol. The van der Waals surface area contributed by atoms with Gasteiger partial charge in [0.15, 0.2) is 0 Å². The van der Waals surface area contributed by atoms with Crippen LogP contribution in [0, 0.1) is 0 Å². The molecule has 0 radical (unpaired) electrons. The van der Waals surface area contributed by atoms with Crippen LogP contribution in [0.1, 0.15) is 11.5 Å². The van der Waals surface area contributed by atoms with Crippen molar-refractivity contribution in [1.82, 2.24) is 15.1 Å². The molecule has 2 fully saturated rings. The lowest BCUT2D eigenvalue weighted by Gasteiger charge is -2.47. The second-order valence-corrected chi connectivity index (χ2v) is 6.08. The molecule has 0 bridgehead atoms. The van der Waals surface area contributed by atoms with Crippen molar-refractivity contribution in [2.45, 2.75) is 12.0 Å². The van der Waals surface area contributed by atoms with Crippen LogP contribution in [-0.4, -0.2) is 67.6 Å². The van der Waals surface area contributed by atoms with E-state index in [-0.39, 0.29) is 11.8 Å². The van der Waals surface area contributed by atoms with Gasteiger partial charge in [-0.3, -0.25) is 9.69 Å². The van der Waals surface area contributed by atoms with Crippen molar-refractivity contribution in [3.63, 3.8) is 0 Å². The van der Waals surface area contributed by atoms with E-state index in [9.17, 15) is 4.79 Å². The summed E-state index contributed by atoms with van der Waals surface area (Å²) in [6.07, 6.45) is 0. The number of amides is 1. The molecule has 1 aromatic carbocycles. The average Bonchev–Trinajstić information content (AvgIpc) is 2.90. The fourth-order valence-electron chi connectivity index (χ4n) is 3.50. The second kappa shape index (κ2) is 5.31. The number of likely N-dealkylation sites (tertiary alicyclic amines) is 1. The maximum Gasteiger partial charge on any atom is 0.233 e. The molecular weight excluding hydrogens is 266 g/mol. The monoisotopic (exact) mass is 287 g/mol. The molecule has 1 unspecified atom stereocenters. The van der Waals surface area contributed by atoms with E-state index in [1.54, 1.807) is 0 Å². The molecule has 1 atom stereocenters. The number of fused-ring (bicyclic) bond motifs is 1. The van der Waals surface area contributed by atoms with Crippen molar-refractivity contribution in [3.8, 4) is 5.75 Å². The molecule has 5 heteroatoms. The zero-order valence-corrected chi connectivity index (χ0v) is 12.1. The smallest absolute Gasteiger partial charge is 0.233 e. The van der Waals surface area contributed by atoms with E-state index < -0.39 is 0 Å². The molecule has 3 heterocycles. The maximum atomic E-state index is 12.6. The normalized spacial score (nSPS) is 26.1. The zero-order chi connectivity index (χ0) is 14.2. The Morgan fingerprint density at radius 1 is 1.19 bits per heavy atom. The maximum absolute atomic E-state index is 12.6. The summed E-state index contributed by atoms with van der Waals surface area (Å²) in [4.78, 5) is 17.1. The number of rotatable bonds is 2. The third kappa shape index (κ3) is 2.30. The highest BCUT2D eigenvalue weighted by Gasteiger charge is 2.40. The van der Waals surface area contributed by atoms with Gasteiger partial charge in [-0.2, -0.15) is 0 Å². The Hall–Kier alpha value is -1.59. The molecule has 2 saturated heterocycles. The minimum atomic E-state index is -0.106. The molecule has 0 aliphatic carbocycles. The minimum absolute atomic E-state index is 0.106. The van der Waals surface area contributed by atoms with E-state index in [4.69, 9.17) is 4.74 Å². The summed E-state index contributed by atoms with van der Waals surface area (Å²) < 4.78 is 5.63. The second-order valence-electron chi connectivity index (χ2n) is 6.08. The summed E-state index contributed by atoms with van der Waals surface area (Å²) in [6, 6.07) is 8.44. The van der Waals surface area contributed by atoms with E-state index in [1.165, 1.54) is 0 Å².